The van der Waals surface area contributed by atoms with Gasteiger partial charge in [-0.1, -0.05) is 37.5 Å². The quantitative estimate of drug-likeness (QED) is 0.877. The first-order chi connectivity index (χ1) is 10.8. The molecule has 2 N–H and O–H groups in total. The summed E-state index contributed by atoms with van der Waals surface area (Å²) in [6.07, 6.45) is 7.93. The third kappa shape index (κ3) is 3.93. The number of hydrogen-bond acceptors (Lipinski definition) is 4. The van der Waals surface area contributed by atoms with Crippen molar-refractivity contribution in [3.05, 3.63) is 47.9 Å². The highest BCUT2D eigenvalue weighted by atomic mass is 19.1. The molecule has 1 saturated carbocycles. The van der Waals surface area contributed by atoms with E-state index in [1.165, 1.54) is 38.2 Å². The van der Waals surface area contributed by atoms with E-state index in [-0.39, 0.29) is 5.82 Å². The van der Waals surface area contributed by atoms with E-state index in [1.807, 2.05) is 6.07 Å². The molecule has 1 aromatic heterocycles. The van der Waals surface area contributed by atoms with Crippen LogP contribution in [0.25, 0.3) is 0 Å². The summed E-state index contributed by atoms with van der Waals surface area (Å²) in [6.45, 7) is 0.409. The van der Waals surface area contributed by atoms with Gasteiger partial charge >= 0.3 is 0 Å². The molecule has 1 heterocycles. The smallest absolute Gasteiger partial charge is 0.224 e. The molecule has 116 valence electrons. The molecule has 0 unspecified atom stereocenters. The molecule has 22 heavy (non-hydrogen) atoms. The Morgan fingerprint density at radius 1 is 1.09 bits per heavy atom. The maximum absolute atomic E-state index is 13.6. The predicted molar refractivity (Wildman–Crippen MR) is 86.3 cm³/mol. The summed E-state index contributed by atoms with van der Waals surface area (Å²) in [7, 11) is 0. The van der Waals surface area contributed by atoms with Gasteiger partial charge in [0.05, 0.1) is 0 Å². The van der Waals surface area contributed by atoms with E-state index in [0.29, 0.717) is 29.9 Å². The number of benzene rings is 1. The minimum absolute atomic E-state index is 0.204. The van der Waals surface area contributed by atoms with E-state index in [1.54, 1.807) is 24.4 Å². The summed E-state index contributed by atoms with van der Waals surface area (Å²) in [6, 6.07) is 9.02. The van der Waals surface area contributed by atoms with Gasteiger partial charge in [-0.05, 0) is 25.0 Å². The van der Waals surface area contributed by atoms with Gasteiger partial charge < -0.3 is 10.6 Å². The third-order valence-electron chi connectivity index (χ3n) is 4.01. The second kappa shape index (κ2) is 7.20. The van der Waals surface area contributed by atoms with E-state index in [2.05, 4.69) is 20.6 Å². The Morgan fingerprint density at radius 3 is 2.73 bits per heavy atom. The Bertz CT molecular complexity index is 611. The fourth-order valence-electron chi connectivity index (χ4n) is 2.78. The minimum Gasteiger partial charge on any atom is -0.366 e. The van der Waals surface area contributed by atoms with Crippen LogP contribution in [0.3, 0.4) is 0 Å². The number of nitrogens with zero attached hydrogens (tertiary/aromatic N) is 2. The van der Waals surface area contributed by atoms with Crippen molar-refractivity contribution in [3.63, 3.8) is 0 Å². The molecule has 5 heteroatoms. The van der Waals surface area contributed by atoms with Crippen LogP contribution in [-0.2, 0) is 6.54 Å². The highest BCUT2D eigenvalue weighted by molar-refractivity contribution is 5.40. The Hall–Kier alpha value is -2.17. The highest BCUT2D eigenvalue weighted by Crippen LogP contribution is 2.20. The summed E-state index contributed by atoms with van der Waals surface area (Å²) in [5.41, 5.74) is 0.628. The van der Waals surface area contributed by atoms with Crippen LogP contribution in [0.5, 0.6) is 0 Å². The molecule has 2 aromatic rings. The maximum Gasteiger partial charge on any atom is 0.224 e. The van der Waals surface area contributed by atoms with Gasteiger partial charge in [0.15, 0.2) is 0 Å². The first-order valence-electron chi connectivity index (χ1n) is 7.88. The second-order valence-corrected chi connectivity index (χ2v) is 5.69. The topological polar surface area (TPSA) is 49.8 Å². The number of aromatic nitrogens is 2. The average Bonchev–Trinajstić information content (AvgIpc) is 2.55. The van der Waals surface area contributed by atoms with E-state index in [0.717, 1.165) is 0 Å². The van der Waals surface area contributed by atoms with Crippen molar-refractivity contribution in [2.45, 2.75) is 44.7 Å². The fourth-order valence-corrected chi connectivity index (χ4v) is 2.78. The molecule has 1 aromatic carbocycles. The Balaban J connectivity index is 1.60. The molecule has 3 rings (SSSR count). The molecule has 1 aliphatic carbocycles. The molecule has 0 bridgehead atoms. The van der Waals surface area contributed by atoms with Crippen LogP contribution in [-0.4, -0.2) is 16.0 Å². The van der Waals surface area contributed by atoms with Crippen LogP contribution >= 0.6 is 0 Å². The van der Waals surface area contributed by atoms with E-state index in [9.17, 15) is 4.39 Å². The van der Waals surface area contributed by atoms with Crippen molar-refractivity contribution in [3.8, 4) is 0 Å². The second-order valence-electron chi connectivity index (χ2n) is 5.69. The molecule has 0 saturated heterocycles. The Labute approximate surface area is 130 Å². The van der Waals surface area contributed by atoms with Crippen LogP contribution < -0.4 is 10.6 Å². The molecule has 0 aliphatic heterocycles. The lowest BCUT2D eigenvalue weighted by molar-refractivity contribution is 0.461. The van der Waals surface area contributed by atoms with Crippen molar-refractivity contribution in [2.24, 2.45) is 0 Å². The first-order valence-corrected chi connectivity index (χ1v) is 7.88. The SMILES string of the molecule is Fc1ccccc1CNc1ccnc(NC2CCCCC2)n1. The Morgan fingerprint density at radius 2 is 1.91 bits per heavy atom. The molecule has 1 fully saturated rings. The number of halogens is 1. The van der Waals surface area contributed by atoms with Gasteiger partial charge in [0, 0.05) is 24.3 Å². The van der Waals surface area contributed by atoms with Gasteiger partial charge in [0.25, 0.3) is 0 Å². The van der Waals surface area contributed by atoms with Gasteiger partial charge in [-0.25, -0.2) is 9.37 Å². The monoisotopic (exact) mass is 300 g/mol. The molecular formula is C17H21FN4. The van der Waals surface area contributed by atoms with Gasteiger partial charge in [-0.15, -0.1) is 0 Å². The lowest BCUT2D eigenvalue weighted by atomic mass is 9.96. The summed E-state index contributed by atoms with van der Waals surface area (Å²) >= 11 is 0. The lowest BCUT2D eigenvalue weighted by Gasteiger charge is -2.22. The van der Waals surface area contributed by atoms with E-state index < -0.39 is 0 Å². The number of hydrogen-bond donors (Lipinski definition) is 2. The van der Waals surface area contributed by atoms with Crippen LogP contribution in [0.4, 0.5) is 16.2 Å². The van der Waals surface area contributed by atoms with Gasteiger partial charge in [0.1, 0.15) is 11.6 Å². The highest BCUT2D eigenvalue weighted by Gasteiger charge is 2.14. The van der Waals surface area contributed by atoms with Crippen LogP contribution in [0.2, 0.25) is 0 Å². The molecular weight excluding hydrogens is 279 g/mol. The zero-order chi connectivity index (χ0) is 15.2. The van der Waals surface area contributed by atoms with Crippen molar-refractivity contribution >= 4 is 11.8 Å². The van der Waals surface area contributed by atoms with Crippen molar-refractivity contribution in [2.75, 3.05) is 10.6 Å². The number of rotatable bonds is 5. The van der Waals surface area contributed by atoms with Crippen molar-refractivity contribution < 1.29 is 4.39 Å². The minimum atomic E-state index is -0.204. The molecule has 0 amide bonds. The first kappa shape index (κ1) is 14.8. The zero-order valence-corrected chi connectivity index (χ0v) is 12.6. The normalized spacial score (nSPS) is 15.5. The van der Waals surface area contributed by atoms with E-state index >= 15 is 0 Å². The van der Waals surface area contributed by atoms with Gasteiger partial charge in [-0.2, -0.15) is 4.98 Å². The van der Waals surface area contributed by atoms with Gasteiger partial charge in [-0.3, -0.25) is 0 Å². The molecule has 0 spiro atoms. The fraction of sp³-hybridized carbons (Fsp3) is 0.412. The molecule has 1 aliphatic rings. The van der Waals surface area contributed by atoms with E-state index in [4.69, 9.17) is 0 Å². The predicted octanol–water partition coefficient (Wildman–Crippen LogP) is 3.97. The van der Waals surface area contributed by atoms with Crippen molar-refractivity contribution in [1.82, 2.24) is 9.97 Å². The average molecular weight is 300 g/mol. The lowest BCUT2D eigenvalue weighted by Crippen LogP contribution is -2.23. The number of anilines is 2. The third-order valence-corrected chi connectivity index (χ3v) is 4.01. The van der Waals surface area contributed by atoms with Crippen LogP contribution in [0, 0.1) is 5.82 Å². The summed E-state index contributed by atoms with van der Waals surface area (Å²) < 4.78 is 13.6. The molecule has 0 atom stereocenters. The number of nitrogens with one attached hydrogen (secondary N) is 2. The zero-order valence-electron chi connectivity index (χ0n) is 12.6. The van der Waals surface area contributed by atoms with Gasteiger partial charge in [0.2, 0.25) is 5.95 Å². The van der Waals surface area contributed by atoms with Crippen molar-refractivity contribution in [1.29, 1.82) is 0 Å². The summed E-state index contributed by atoms with van der Waals surface area (Å²) in [5, 5.41) is 6.54. The Kier molecular flexibility index (Phi) is 4.83. The largest absolute Gasteiger partial charge is 0.366 e. The molecule has 0 radical (unpaired) electrons. The standard InChI is InChI=1S/C17H21FN4/c18-15-9-5-4-6-13(15)12-20-16-10-11-19-17(22-16)21-14-7-2-1-3-8-14/h4-6,9-11,14H,1-3,7-8,12H2,(H2,19,20,21,22). The maximum atomic E-state index is 13.6. The van der Waals surface area contributed by atoms with Crippen LogP contribution in [0.15, 0.2) is 36.5 Å². The molecule has 4 nitrogen and oxygen atoms in total. The summed E-state index contributed by atoms with van der Waals surface area (Å²) in [5.74, 6) is 1.15. The van der Waals surface area contributed by atoms with Crippen LogP contribution in [0.1, 0.15) is 37.7 Å². The summed E-state index contributed by atoms with van der Waals surface area (Å²) in [4.78, 5) is 8.73.